The second-order valence-corrected chi connectivity index (χ2v) is 9.15. The molecule has 0 spiro atoms. The van der Waals surface area contributed by atoms with Crippen LogP contribution in [0.4, 0.5) is 5.69 Å². The van der Waals surface area contributed by atoms with Gasteiger partial charge in [-0.05, 0) is 75.0 Å². The van der Waals surface area contributed by atoms with Crippen LogP contribution in [-0.4, -0.2) is 22.9 Å². The van der Waals surface area contributed by atoms with Crippen molar-refractivity contribution in [1.29, 1.82) is 0 Å². The molecule has 4 rings (SSSR count). The van der Waals surface area contributed by atoms with Crippen LogP contribution in [0.5, 0.6) is 5.75 Å². The summed E-state index contributed by atoms with van der Waals surface area (Å²) in [6, 6.07) is 15.8. The molecule has 1 aliphatic rings. The zero-order chi connectivity index (χ0) is 23.0. The molecule has 5 nitrogen and oxygen atoms in total. The van der Waals surface area contributed by atoms with Gasteiger partial charge in [0.25, 0.3) is 11.7 Å². The maximum Gasteiger partial charge on any atom is 0.300 e. The molecular formula is C26H25NO4S. The molecule has 2 aromatic carbocycles. The number of ether oxygens (including phenoxy) is 1. The quantitative estimate of drug-likeness (QED) is 0.306. The van der Waals surface area contributed by atoms with Crippen molar-refractivity contribution in [2.45, 2.75) is 39.8 Å². The molecule has 2 heterocycles. The van der Waals surface area contributed by atoms with Crippen LogP contribution in [0.2, 0.25) is 0 Å². The molecule has 1 fully saturated rings. The lowest BCUT2D eigenvalue weighted by Gasteiger charge is -2.24. The molecule has 0 saturated carbocycles. The third-order valence-electron chi connectivity index (χ3n) is 5.38. The number of hydrogen-bond donors (Lipinski definition) is 1. The van der Waals surface area contributed by atoms with Gasteiger partial charge in [-0.1, -0.05) is 23.8 Å². The van der Waals surface area contributed by atoms with E-state index in [1.54, 1.807) is 18.2 Å². The molecule has 3 aromatic rings. The van der Waals surface area contributed by atoms with E-state index in [0.29, 0.717) is 17.0 Å². The van der Waals surface area contributed by atoms with Gasteiger partial charge in [-0.3, -0.25) is 14.5 Å². The number of anilines is 1. The highest BCUT2D eigenvalue weighted by atomic mass is 32.1. The van der Waals surface area contributed by atoms with Gasteiger partial charge in [0.2, 0.25) is 0 Å². The number of aliphatic hydroxyl groups is 1. The Kier molecular flexibility index (Phi) is 5.89. The van der Waals surface area contributed by atoms with E-state index in [9.17, 15) is 14.7 Å². The number of rotatable bonds is 5. The lowest BCUT2D eigenvalue weighted by molar-refractivity contribution is -0.132. The van der Waals surface area contributed by atoms with Gasteiger partial charge in [-0.15, -0.1) is 11.3 Å². The maximum atomic E-state index is 13.1. The topological polar surface area (TPSA) is 66.8 Å². The van der Waals surface area contributed by atoms with Crippen molar-refractivity contribution in [1.82, 2.24) is 0 Å². The van der Waals surface area contributed by atoms with Crippen LogP contribution in [0, 0.1) is 13.8 Å². The number of aryl methyl sites for hydroxylation is 2. The number of carbonyl (C=O) groups excluding carboxylic acids is 2. The molecule has 32 heavy (non-hydrogen) atoms. The number of nitrogens with zero attached hydrogens (tertiary/aromatic N) is 1. The fourth-order valence-electron chi connectivity index (χ4n) is 3.86. The monoisotopic (exact) mass is 447 g/mol. The van der Waals surface area contributed by atoms with E-state index in [0.717, 1.165) is 16.0 Å². The summed E-state index contributed by atoms with van der Waals surface area (Å²) in [6.45, 7) is 7.74. The van der Waals surface area contributed by atoms with E-state index in [2.05, 4.69) is 0 Å². The molecule has 1 unspecified atom stereocenters. The van der Waals surface area contributed by atoms with Crippen molar-refractivity contribution >= 4 is 34.5 Å². The molecule has 0 bridgehead atoms. The summed E-state index contributed by atoms with van der Waals surface area (Å²) < 4.78 is 5.78. The smallest absolute Gasteiger partial charge is 0.300 e. The zero-order valence-corrected chi connectivity index (χ0v) is 19.3. The van der Waals surface area contributed by atoms with Gasteiger partial charge in [0.05, 0.1) is 11.7 Å². The van der Waals surface area contributed by atoms with E-state index in [1.165, 1.54) is 16.2 Å². The SMILES string of the molecule is Cc1ccc(N2C(=O)C(=O)/C(=C(\O)c3ccc(OC(C)C)c(C)c3)C2c2cccs2)cc1. The molecule has 1 amide bonds. The Morgan fingerprint density at radius 2 is 1.78 bits per heavy atom. The Labute approximate surface area is 191 Å². The first-order valence-corrected chi connectivity index (χ1v) is 11.3. The number of benzene rings is 2. The summed E-state index contributed by atoms with van der Waals surface area (Å²) in [5.41, 5.74) is 3.07. The molecule has 6 heteroatoms. The summed E-state index contributed by atoms with van der Waals surface area (Å²) in [7, 11) is 0. The van der Waals surface area contributed by atoms with Crippen molar-refractivity contribution in [3.05, 3.63) is 87.1 Å². The third-order valence-corrected chi connectivity index (χ3v) is 6.31. The summed E-state index contributed by atoms with van der Waals surface area (Å²) in [6.07, 6.45) is 0.0202. The molecular weight excluding hydrogens is 422 g/mol. The van der Waals surface area contributed by atoms with Gasteiger partial charge in [-0.25, -0.2) is 0 Å². The molecule has 0 aliphatic carbocycles. The molecule has 0 radical (unpaired) electrons. The zero-order valence-electron chi connectivity index (χ0n) is 18.5. The van der Waals surface area contributed by atoms with Crippen LogP contribution >= 0.6 is 11.3 Å². The summed E-state index contributed by atoms with van der Waals surface area (Å²) in [5, 5.41) is 13.1. The van der Waals surface area contributed by atoms with Crippen LogP contribution in [0.3, 0.4) is 0 Å². The van der Waals surface area contributed by atoms with Crippen molar-refractivity contribution < 1.29 is 19.4 Å². The van der Waals surface area contributed by atoms with Gasteiger partial charge < -0.3 is 9.84 Å². The van der Waals surface area contributed by atoms with Gasteiger partial charge in [0, 0.05) is 16.1 Å². The first-order chi connectivity index (χ1) is 15.3. The lowest BCUT2D eigenvalue weighted by atomic mass is 9.98. The van der Waals surface area contributed by atoms with E-state index >= 15 is 0 Å². The van der Waals surface area contributed by atoms with Gasteiger partial charge in [0.15, 0.2) is 0 Å². The van der Waals surface area contributed by atoms with Gasteiger partial charge in [0.1, 0.15) is 17.6 Å². The van der Waals surface area contributed by atoms with Crippen LogP contribution in [-0.2, 0) is 9.59 Å². The highest BCUT2D eigenvalue weighted by Crippen LogP contribution is 2.43. The number of amides is 1. The predicted octanol–water partition coefficient (Wildman–Crippen LogP) is 5.78. The standard InChI is InChI=1S/C26H25NO4S/c1-15(2)31-20-12-9-18(14-17(20)4)24(28)22-23(21-6-5-13-32-21)27(26(30)25(22)29)19-10-7-16(3)8-11-19/h5-15,23,28H,1-4H3/b24-22-. The molecule has 1 atom stereocenters. The number of hydrogen-bond acceptors (Lipinski definition) is 5. The van der Waals surface area contributed by atoms with E-state index < -0.39 is 17.7 Å². The van der Waals surface area contributed by atoms with Crippen LogP contribution in [0.25, 0.3) is 5.76 Å². The second-order valence-electron chi connectivity index (χ2n) is 8.17. The third kappa shape index (κ3) is 3.94. The molecule has 1 N–H and O–H groups in total. The first kappa shape index (κ1) is 21.8. The van der Waals surface area contributed by atoms with Crippen molar-refractivity contribution in [3.63, 3.8) is 0 Å². The number of thiophene rings is 1. The van der Waals surface area contributed by atoms with E-state index in [1.807, 2.05) is 69.5 Å². The summed E-state index contributed by atoms with van der Waals surface area (Å²) in [5.74, 6) is -0.811. The minimum atomic E-state index is -0.693. The summed E-state index contributed by atoms with van der Waals surface area (Å²) >= 11 is 1.44. The Morgan fingerprint density at radius 3 is 2.38 bits per heavy atom. The maximum absolute atomic E-state index is 13.1. The van der Waals surface area contributed by atoms with Gasteiger partial charge >= 0.3 is 0 Å². The van der Waals surface area contributed by atoms with Crippen molar-refractivity contribution in [2.75, 3.05) is 4.90 Å². The predicted molar refractivity (Wildman–Crippen MR) is 127 cm³/mol. The van der Waals surface area contributed by atoms with E-state index in [4.69, 9.17) is 4.74 Å². The number of ketones is 1. The first-order valence-electron chi connectivity index (χ1n) is 10.5. The minimum Gasteiger partial charge on any atom is -0.507 e. The Hall–Kier alpha value is -3.38. The lowest BCUT2D eigenvalue weighted by Crippen LogP contribution is -2.29. The number of carbonyl (C=O) groups is 2. The van der Waals surface area contributed by atoms with Crippen LogP contribution < -0.4 is 9.64 Å². The second kappa shape index (κ2) is 8.63. The van der Waals surface area contributed by atoms with Crippen molar-refractivity contribution in [3.8, 4) is 5.75 Å². The Bertz CT molecular complexity index is 1190. The highest BCUT2D eigenvalue weighted by Gasteiger charge is 2.47. The van der Waals surface area contributed by atoms with Crippen LogP contribution in [0.15, 0.2) is 65.6 Å². The minimum absolute atomic E-state index is 0.0202. The molecule has 1 saturated heterocycles. The molecule has 1 aromatic heterocycles. The average molecular weight is 448 g/mol. The fourth-order valence-corrected chi connectivity index (χ4v) is 4.68. The normalized spacial score (nSPS) is 17.9. The summed E-state index contributed by atoms with van der Waals surface area (Å²) in [4.78, 5) is 28.5. The van der Waals surface area contributed by atoms with E-state index in [-0.39, 0.29) is 17.4 Å². The largest absolute Gasteiger partial charge is 0.507 e. The molecule has 164 valence electrons. The number of Topliss-reactive ketones (excluding diaryl/α,β-unsaturated/α-hetero) is 1. The molecule has 1 aliphatic heterocycles. The average Bonchev–Trinajstić information content (AvgIpc) is 3.37. The van der Waals surface area contributed by atoms with Gasteiger partial charge in [-0.2, -0.15) is 0 Å². The Balaban J connectivity index is 1.85. The Morgan fingerprint density at radius 1 is 1.06 bits per heavy atom. The highest BCUT2D eigenvalue weighted by molar-refractivity contribution is 7.10. The van der Waals surface area contributed by atoms with Crippen molar-refractivity contribution in [2.24, 2.45) is 0 Å². The fraction of sp³-hybridized carbons (Fsp3) is 0.231. The van der Waals surface area contributed by atoms with Crippen LogP contribution in [0.1, 0.15) is 41.5 Å². The number of aliphatic hydroxyl groups excluding tert-OH is 1.